The molecule has 1 amide bonds. The van der Waals surface area contributed by atoms with Gasteiger partial charge in [-0.05, 0) is 56.2 Å². The second kappa shape index (κ2) is 15.7. The average Bonchev–Trinajstić information content (AvgIpc) is 3.51. The first-order valence-electron chi connectivity index (χ1n) is 14.4. The molecule has 0 bridgehead atoms. The highest BCUT2D eigenvalue weighted by Crippen LogP contribution is 2.36. The molecule has 1 aliphatic heterocycles. The van der Waals surface area contributed by atoms with E-state index in [2.05, 4.69) is 0 Å². The van der Waals surface area contributed by atoms with Gasteiger partial charge in [0.15, 0.2) is 11.6 Å². The van der Waals surface area contributed by atoms with Crippen LogP contribution in [-0.4, -0.2) is 49.1 Å². The Labute approximate surface area is 255 Å². The first-order chi connectivity index (χ1) is 20.4. The number of para-hydroxylation sites is 1. The molecule has 1 saturated heterocycles. The summed E-state index contributed by atoms with van der Waals surface area (Å²) in [6.07, 6.45) is 11.8. The van der Waals surface area contributed by atoms with E-state index in [9.17, 15) is 14.0 Å². The molecule has 0 atom stereocenters. The van der Waals surface area contributed by atoms with Gasteiger partial charge in [0.2, 0.25) is 0 Å². The Hall–Kier alpha value is -3.50. The van der Waals surface area contributed by atoms with Crippen molar-refractivity contribution >= 4 is 46.3 Å². The Morgan fingerprint density at radius 1 is 1.05 bits per heavy atom. The molecular formula is C32H36FN3O4S2. The highest BCUT2D eigenvalue weighted by Gasteiger charge is 2.32. The van der Waals surface area contributed by atoms with Crippen LogP contribution in [-0.2, 0) is 9.59 Å². The maximum atomic E-state index is 14.8. The van der Waals surface area contributed by atoms with Crippen LogP contribution >= 0.6 is 24.0 Å². The van der Waals surface area contributed by atoms with E-state index < -0.39 is 11.8 Å². The molecular weight excluding hydrogens is 574 g/mol. The number of carboxylic acid groups (broad SMARTS) is 1. The Morgan fingerprint density at radius 2 is 1.74 bits per heavy atom. The molecule has 2 aromatic carbocycles. The van der Waals surface area contributed by atoms with Gasteiger partial charge in [0.05, 0.1) is 17.2 Å². The maximum Gasteiger partial charge on any atom is 0.303 e. The first-order valence-corrected chi connectivity index (χ1v) is 15.6. The maximum absolute atomic E-state index is 14.8. The molecule has 1 fully saturated rings. The fourth-order valence-electron chi connectivity index (χ4n) is 4.79. The number of carboxylic acids is 1. The summed E-state index contributed by atoms with van der Waals surface area (Å²) in [5, 5.41) is 13.5. The molecule has 3 aromatic rings. The number of benzene rings is 2. The predicted octanol–water partition coefficient (Wildman–Crippen LogP) is 7.87. The van der Waals surface area contributed by atoms with Crippen LogP contribution in [0.5, 0.6) is 5.75 Å². The van der Waals surface area contributed by atoms with Crippen molar-refractivity contribution in [3.05, 3.63) is 71.0 Å². The van der Waals surface area contributed by atoms with Gasteiger partial charge in [-0.3, -0.25) is 14.5 Å². The monoisotopic (exact) mass is 609 g/mol. The number of carbonyl (C=O) groups excluding carboxylic acids is 1. The zero-order valence-electron chi connectivity index (χ0n) is 23.8. The summed E-state index contributed by atoms with van der Waals surface area (Å²) in [5.41, 5.74) is 2.66. The lowest BCUT2D eigenvalue weighted by atomic mass is 10.1. The van der Waals surface area contributed by atoms with Crippen LogP contribution < -0.4 is 4.74 Å². The number of halogens is 1. The van der Waals surface area contributed by atoms with Gasteiger partial charge >= 0.3 is 5.97 Å². The second-order valence-electron chi connectivity index (χ2n) is 10.1. The van der Waals surface area contributed by atoms with Crippen molar-refractivity contribution in [2.24, 2.45) is 0 Å². The van der Waals surface area contributed by atoms with Crippen LogP contribution in [0.25, 0.3) is 23.0 Å². The van der Waals surface area contributed by atoms with Crippen molar-refractivity contribution in [1.82, 2.24) is 14.7 Å². The summed E-state index contributed by atoms with van der Waals surface area (Å²) in [6.45, 7) is 2.74. The molecule has 0 radical (unpaired) electrons. The Bertz CT molecular complexity index is 1420. The number of ether oxygens (including phenoxy) is 1. The summed E-state index contributed by atoms with van der Waals surface area (Å²) in [6, 6.07) is 14.4. The van der Waals surface area contributed by atoms with E-state index in [1.54, 1.807) is 34.7 Å². The summed E-state index contributed by atoms with van der Waals surface area (Å²) in [4.78, 5) is 26.1. The van der Waals surface area contributed by atoms with Gasteiger partial charge in [-0.15, -0.1) is 0 Å². The van der Waals surface area contributed by atoms with Crippen molar-refractivity contribution in [2.45, 2.75) is 64.7 Å². The predicted molar refractivity (Wildman–Crippen MR) is 169 cm³/mol. The number of hydrogen-bond acceptors (Lipinski definition) is 6. The Kier molecular flexibility index (Phi) is 11.7. The van der Waals surface area contributed by atoms with Crippen molar-refractivity contribution in [1.29, 1.82) is 0 Å². The third-order valence-corrected chi connectivity index (χ3v) is 8.33. The fraction of sp³-hybridized carbons (Fsp3) is 0.375. The molecule has 1 N–H and O–H groups in total. The van der Waals surface area contributed by atoms with E-state index in [1.165, 1.54) is 17.8 Å². The molecule has 2 heterocycles. The molecule has 7 nitrogen and oxygen atoms in total. The van der Waals surface area contributed by atoms with E-state index in [0.29, 0.717) is 39.2 Å². The minimum atomic E-state index is -0.730. The van der Waals surface area contributed by atoms with E-state index in [-0.39, 0.29) is 18.1 Å². The highest BCUT2D eigenvalue weighted by molar-refractivity contribution is 8.26. The van der Waals surface area contributed by atoms with Gasteiger partial charge < -0.3 is 9.84 Å². The van der Waals surface area contributed by atoms with Gasteiger partial charge in [0.1, 0.15) is 10.0 Å². The zero-order chi connectivity index (χ0) is 29.9. The number of nitrogens with zero attached hydrogens (tertiary/aromatic N) is 3. The van der Waals surface area contributed by atoms with Gasteiger partial charge in [-0.2, -0.15) is 5.10 Å². The molecule has 42 heavy (non-hydrogen) atoms. The lowest BCUT2D eigenvalue weighted by Gasteiger charge is -2.14. The second-order valence-corrected chi connectivity index (χ2v) is 11.8. The van der Waals surface area contributed by atoms with Crippen LogP contribution in [0.1, 0.15) is 70.3 Å². The molecule has 0 aliphatic carbocycles. The molecule has 0 saturated carbocycles. The van der Waals surface area contributed by atoms with E-state index >= 15 is 0 Å². The quantitative estimate of drug-likeness (QED) is 0.100. The van der Waals surface area contributed by atoms with Crippen LogP contribution in [0.2, 0.25) is 0 Å². The summed E-state index contributed by atoms with van der Waals surface area (Å²) in [5.74, 6) is -1.15. The fourth-order valence-corrected chi connectivity index (χ4v) is 6.09. The number of thioether (sulfide) groups is 1. The molecule has 1 aromatic heterocycles. The molecule has 222 valence electrons. The molecule has 10 heteroatoms. The van der Waals surface area contributed by atoms with Crippen LogP contribution in [0, 0.1) is 5.82 Å². The SMILES string of the molecule is CCOc1ccc(-c2nn(-c3ccccc3)cc2C=C2SC(=S)N(CCCCCCCCCCC(=O)O)C2=O)cc1F. The van der Waals surface area contributed by atoms with E-state index in [0.717, 1.165) is 57.1 Å². The third kappa shape index (κ3) is 8.51. The molecule has 4 rings (SSSR count). The Morgan fingerprint density at radius 3 is 2.40 bits per heavy atom. The number of rotatable bonds is 16. The number of aromatic nitrogens is 2. The van der Waals surface area contributed by atoms with Gasteiger partial charge in [-0.1, -0.05) is 80.7 Å². The lowest BCUT2D eigenvalue weighted by molar-refractivity contribution is -0.137. The first kappa shape index (κ1) is 31.4. The van der Waals surface area contributed by atoms with E-state index in [1.807, 2.05) is 36.5 Å². The van der Waals surface area contributed by atoms with Crippen molar-refractivity contribution < 1.29 is 23.8 Å². The summed E-state index contributed by atoms with van der Waals surface area (Å²) in [7, 11) is 0. The third-order valence-electron chi connectivity index (χ3n) is 6.95. The highest BCUT2D eigenvalue weighted by atomic mass is 32.2. The van der Waals surface area contributed by atoms with Crippen molar-refractivity contribution in [3.63, 3.8) is 0 Å². The number of amides is 1. The molecule has 0 unspecified atom stereocenters. The number of unbranched alkanes of at least 4 members (excludes halogenated alkanes) is 7. The van der Waals surface area contributed by atoms with Crippen molar-refractivity contribution in [2.75, 3.05) is 13.2 Å². The minimum absolute atomic E-state index is 0.125. The number of aliphatic carboxylic acids is 1. The number of thiocarbonyl (C=S) groups is 1. The smallest absolute Gasteiger partial charge is 0.303 e. The van der Waals surface area contributed by atoms with Crippen LogP contribution in [0.4, 0.5) is 4.39 Å². The molecule has 0 spiro atoms. The largest absolute Gasteiger partial charge is 0.491 e. The van der Waals surface area contributed by atoms with E-state index in [4.69, 9.17) is 27.2 Å². The Balaban J connectivity index is 1.42. The van der Waals surface area contributed by atoms with Crippen molar-refractivity contribution in [3.8, 4) is 22.7 Å². The normalized spacial score (nSPS) is 14.2. The zero-order valence-corrected chi connectivity index (χ0v) is 25.4. The number of carbonyl (C=O) groups is 2. The standard InChI is InChI=1S/C32H36FN3O4S2/c1-2-40-27-18-17-23(20-26(27)33)30-24(22-36(34-30)25-14-10-9-11-15-25)21-28-31(39)35(32(41)42-28)19-13-8-6-4-3-5-7-12-16-29(37)38/h9-11,14-15,17-18,20-22H,2-8,12-13,16,19H2,1H3,(H,37,38). The summed E-state index contributed by atoms with van der Waals surface area (Å²) >= 11 is 6.83. The van der Waals surface area contributed by atoms with Gasteiger partial charge in [-0.25, -0.2) is 9.07 Å². The summed E-state index contributed by atoms with van der Waals surface area (Å²) < 4.78 is 22.4. The lowest BCUT2D eigenvalue weighted by Crippen LogP contribution is -2.29. The van der Waals surface area contributed by atoms with Crippen LogP contribution in [0.15, 0.2) is 59.6 Å². The number of hydrogen-bond donors (Lipinski definition) is 1. The molecule has 1 aliphatic rings. The topological polar surface area (TPSA) is 84.7 Å². The minimum Gasteiger partial charge on any atom is -0.491 e. The van der Waals surface area contributed by atoms with Gasteiger partial charge in [0, 0.05) is 30.3 Å². The van der Waals surface area contributed by atoms with Crippen LogP contribution in [0.3, 0.4) is 0 Å². The average molecular weight is 610 g/mol. The van der Waals surface area contributed by atoms with Gasteiger partial charge in [0.25, 0.3) is 5.91 Å².